The molecule has 0 aliphatic heterocycles. The number of rotatable bonds is 6. The maximum atomic E-state index is 4.56. The van der Waals surface area contributed by atoms with Gasteiger partial charge in [-0.2, -0.15) is 5.10 Å². The number of hydrogen-bond acceptors (Lipinski definition) is 2. The first kappa shape index (κ1) is 12.2. The van der Waals surface area contributed by atoms with E-state index in [1.807, 2.05) is 7.05 Å². The molecule has 1 unspecified atom stereocenters. The van der Waals surface area contributed by atoms with E-state index in [1.165, 1.54) is 11.4 Å². The number of hydrogen-bond donors (Lipinski definition) is 1. The summed E-state index contributed by atoms with van der Waals surface area (Å²) in [4.78, 5) is 0. The Kier molecular flexibility index (Phi) is 4.82. The molecule has 1 aromatic heterocycles. The average Bonchev–Trinajstić information content (AvgIpc) is 2.68. The van der Waals surface area contributed by atoms with Gasteiger partial charge in [-0.15, -0.1) is 0 Å². The number of nitrogens with zero attached hydrogens (tertiary/aromatic N) is 2. The maximum absolute atomic E-state index is 4.56. The number of nitrogens with one attached hydrogen (secondary N) is 1. The molecular weight excluding hydrogens is 186 g/mol. The van der Waals surface area contributed by atoms with Crippen LogP contribution in [0, 0.1) is 0 Å². The van der Waals surface area contributed by atoms with Crippen LogP contribution in [-0.2, 0) is 19.4 Å². The van der Waals surface area contributed by atoms with E-state index < -0.39 is 0 Å². The van der Waals surface area contributed by atoms with Gasteiger partial charge in [0.15, 0.2) is 0 Å². The van der Waals surface area contributed by atoms with E-state index in [0.29, 0.717) is 6.04 Å². The monoisotopic (exact) mass is 209 g/mol. The molecule has 1 N–H and O–H groups in total. The first-order valence-electron chi connectivity index (χ1n) is 5.97. The summed E-state index contributed by atoms with van der Waals surface area (Å²) in [7, 11) is 2.03. The van der Waals surface area contributed by atoms with Crippen LogP contribution >= 0.6 is 0 Å². The molecule has 3 heteroatoms. The molecule has 0 aliphatic rings. The molecule has 3 nitrogen and oxygen atoms in total. The summed E-state index contributed by atoms with van der Waals surface area (Å²) < 4.78 is 2.12. The first-order valence-corrected chi connectivity index (χ1v) is 5.97. The molecule has 1 atom stereocenters. The van der Waals surface area contributed by atoms with Crippen LogP contribution < -0.4 is 5.32 Å². The summed E-state index contributed by atoms with van der Waals surface area (Å²) in [6.07, 6.45) is 3.26. The zero-order valence-corrected chi connectivity index (χ0v) is 10.4. The molecule has 1 heterocycles. The Morgan fingerprint density at radius 2 is 2.13 bits per heavy atom. The van der Waals surface area contributed by atoms with Crippen molar-refractivity contribution in [3.63, 3.8) is 0 Å². The largest absolute Gasteiger partial charge is 0.317 e. The minimum absolute atomic E-state index is 0.566. The summed E-state index contributed by atoms with van der Waals surface area (Å²) in [5, 5.41) is 7.90. The van der Waals surface area contributed by atoms with Crippen LogP contribution in [0.3, 0.4) is 0 Å². The minimum atomic E-state index is 0.566. The first-order chi connectivity index (χ1) is 7.24. The molecule has 0 spiro atoms. The maximum Gasteiger partial charge on any atom is 0.0624 e. The third-order valence-electron chi connectivity index (χ3n) is 2.93. The smallest absolute Gasteiger partial charge is 0.0624 e. The van der Waals surface area contributed by atoms with Gasteiger partial charge in [0, 0.05) is 24.7 Å². The quantitative estimate of drug-likeness (QED) is 0.776. The summed E-state index contributed by atoms with van der Waals surface area (Å²) in [6, 6.07) is 2.81. The highest BCUT2D eigenvalue weighted by molar-refractivity contribution is 5.11. The Morgan fingerprint density at radius 1 is 1.40 bits per heavy atom. The van der Waals surface area contributed by atoms with E-state index in [9.17, 15) is 0 Å². The fourth-order valence-electron chi connectivity index (χ4n) is 1.83. The van der Waals surface area contributed by atoms with Gasteiger partial charge in [-0.25, -0.2) is 0 Å². The van der Waals surface area contributed by atoms with Crippen LogP contribution in [0.1, 0.15) is 38.6 Å². The summed E-state index contributed by atoms with van der Waals surface area (Å²) in [5.41, 5.74) is 2.56. The zero-order chi connectivity index (χ0) is 11.3. The lowest BCUT2D eigenvalue weighted by Crippen LogP contribution is -2.27. The van der Waals surface area contributed by atoms with E-state index in [4.69, 9.17) is 0 Å². The van der Waals surface area contributed by atoms with Crippen LogP contribution in [0.4, 0.5) is 0 Å². The third-order valence-corrected chi connectivity index (χ3v) is 2.93. The molecule has 1 aromatic rings. The highest BCUT2D eigenvalue weighted by Gasteiger charge is 2.10. The van der Waals surface area contributed by atoms with Crippen molar-refractivity contribution >= 4 is 0 Å². The van der Waals surface area contributed by atoms with Gasteiger partial charge in [0.25, 0.3) is 0 Å². The van der Waals surface area contributed by atoms with Crippen molar-refractivity contribution in [1.82, 2.24) is 15.1 Å². The zero-order valence-electron chi connectivity index (χ0n) is 10.4. The Balaban J connectivity index is 2.77. The number of aromatic nitrogens is 2. The van der Waals surface area contributed by atoms with Crippen molar-refractivity contribution in [3.05, 3.63) is 17.5 Å². The molecule has 0 saturated carbocycles. The van der Waals surface area contributed by atoms with Gasteiger partial charge in [0.1, 0.15) is 0 Å². The second kappa shape index (κ2) is 5.91. The minimum Gasteiger partial charge on any atom is -0.317 e. The topological polar surface area (TPSA) is 29.9 Å². The Labute approximate surface area is 92.9 Å². The van der Waals surface area contributed by atoms with Crippen molar-refractivity contribution < 1.29 is 0 Å². The molecule has 0 aliphatic carbocycles. The van der Waals surface area contributed by atoms with E-state index in [-0.39, 0.29) is 0 Å². The lowest BCUT2D eigenvalue weighted by Gasteiger charge is -2.14. The molecule has 15 heavy (non-hydrogen) atoms. The van der Waals surface area contributed by atoms with Crippen LogP contribution in [0.5, 0.6) is 0 Å². The summed E-state index contributed by atoms with van der Waals surface area (Å²) >= 11 is 0. The Morgan fingerprint density at radius 3 is 2.60 bits per heavy atom. The lowest BCUT2D eigenvalue weighted by atomic mass is 10.1. The molecule has 86 valence electrons. The highest BCUT2D eigenvalue weighted by Crippen LogP contribution is 2.09. The molecule has 0 bridgehead atoms. The average molecular weight is 209 g/mol. The number of aryl methyl sites for hydroxylation is 2. The number of likely N-dealkylation sites (N-methyl/N-ethyl adjacent to an activating group) is 1. The van der Waals surface area contributed by atoms with Gasteiger partial charge in [-0.05, 0) is 32.9 Å². The lowest BCUT2D eigenvalue weighted by molar-refractivity contribution is 0.510. The van der Waals surface area contributed by atoms with Crippen molar-refractivity contribution in [3.8, 4) is 0 Å². The molecule has 0 radical (unpaired) electrons. The Bertz CT molecular complexity index is 287. The van der Waals surface area contributed by atoms with Gasteiger partial charge >= 0.3 is 0 Å². The molecule has 1 rings (SSSR count). The van der Waals surface area contributed by atoms with E-state index in [2.05, 4.69) is 41.9 Å². The van der Waals surface area contributed by atoms with E-state index in [1.54, 1.807) is 0 Å². The SMILES string of the molecule is CCc1cc(CC(CC)NC)n(CC)n1. The summed E-state index contributed by atoms with van der Waals surface area (Å²) in [6.45, 7) is 7.49. The van der Waals surface area contributed by atoms with Crippen molar-refractivity contribution in [1.29, 1.82) is 0 Å². The van der Waals surface area contributed by atoms with Crippen LogP contribution in [0.25, 0.3) is 0 Å². The molecule has 0 aromatic carbocycles. The second-order valence-corrected chi connectivity index (χ2v) is 3.89. The van der Waals surface area contributed by atoms with Gasteiger partial charge in [-0.1, -0.05) is 13.8 Å². The van der Waals surface area contributed by atoms with E-state index in [0.717, 1.165) is 25.8 Å². The predicted octanol–water partition coefficient (Wildman–Crippen LogP) is 2.01. The van der Waals surface area contributed by atoms with Crippen LogP contribution in [0.15, 0.2) is 6.07 Å². The van der Waals surface area contributed by atoms with Crippen LogP contribution in [0.2, 0.25) is 0 Å². The molecule has 0 saturated heterocycles. The van der Waals surface area contributed by atoms with Gasteiger partial charge < -0.3 is 5.32 Å². The van der Waals surface area contributed by atoms with Gasteiger partial charge in [0.2, 0.25) is 0 Å². The van der Waals surface area contributed by atoms with Crippen LogP contribution in [-0.4, -0.2) is 22.9 Å². The van der Waals surface area contributed by atoms with Crippen molar-refractivity contribution in [2.45, 2.75) is 52.6 Å². The van der Waals surface area contributed by atoms with Gasteiger partial charge in [0.05, 0.1) is 5.69 Å². The standard InChI is InChI=1S/C12H23N3/c1-5-10(13-4)8-12-9-11(6-2)14-15(12)7-3/h9-10,13H,5-8H2,1-4H3. The Hall–Kier alpha value is -0.830. The highest BCUT2D eigenvalue weighted by atomic mass is 15.3. The molecule has 0 amide bonds. The summed E-state index contributed by atoms with van der Waals surface area (Å²) in [5.74, 6) is 0. The van der Waals surface area contributed by atoms with Gasteiger partial charge in [-0.3, -0.25) is 4.68 Å². The second-order valence-electron chi connectivity index (χ2n) is 3.89. The predicted molar refractivity (Wildman–Crippen MR) is 64.1 cm³/mol. The van der Waals surface area contributed by atoms with Crippen molar-refractivity contribution in [2.75, 3.05) is 7.05 Å². The fraction of sp³-hybridized carbons (Fsp3) is 0.750. The normalized spacial score (nSPS) is 13.1. The third kappa shape index (κ3) is 3.06. The van der Waals surface area contributed by atoms with E-state index >= 15 is 0 Å². The molecule has 0 fully saturated rings. The van der Waals surface area contributed by atoms with Crippen molar-refractivity contribution in [2.24, 2.45) is 0 Å². The fourth-order valence-corrected chi connectivity index (χ4v) is 1.83. The molecular formula is C12H23N3.